The molecule has 1 unspecified atom stereocenters. The molecule has 1 atom stereocenters. The number of hydrogen-bond acceptors (Lipinski definition) is 5. The lowest BCUT2D eigenvalue weighted by Crippen LogP contribution is -2.38. The molecule has 6 heteroatoms. The molecule has 1 fully saturated rings. The Labute approximate surface area is 221 Å². The second-order valence-corrected chi connectivity index (χ2v) is 10.7. The fraction of sp³-hybridized carbons (Fsp3) is 0.484. The van der Waals surface area contributed by atoms with Crippen molar-refractivity contribution in [2.45, 2.75) is 66.3 Å². The molecule has 1 heterocycles. The monoisotopic (exact) mass is 506 g/mol. The molecule has 3 rings (SSSR count). The molecule has 0 aromatic heterocycles. The molecule has 1 aliphatic heterocycles. The van der Waals surface area contributed by atoms with E-state index in [1.54, 1.807) is 17.0 Å². The molecular formula is C31H42N2O4. The van der Waals surface area contributed by atoms with E-state index in [4.69, 9.17) is 4.74 Å². The molecular weight excluding hydrogens is 464 g/mol. The van der Waals surface area contributed by atoms with Crippen LogP contribution in [-0.2, 0) is 15.0 Å². The molecule has 1 amide bonds. The number of ketones is 1. The van der Waals surface area contributed by atoms with Crippen LogP contribution >= 0.6 is 0 Å². The Balaban J connectivity index is 2.10. The van der Waals surface area contributed by atoms with Crippen LogP contribution in [0, 0.1) is 6.92 Å². The lowest BCUT2D eigenvalue weighted by Gasteiger charge is -2.29. The molecule has 1 saturated heterocycles. The summed E-state index contributed by atoms with van der Waals surface area (Å²) in [5.41, 5.74) is 3.40. The van der Waals surface area contributed by atoms with Gasteiger partial charge in [0, 0.05) is 18.7 Å². The molecule has 200 valence electrons. The number of likely N-dealkylation sites (tertiary alicyclic amines) is 1. The number of Topliss-reactive ketones (excluding diaryl/α,β-unsaturated/α-hetero) is 1. The van der Waals surface area contributed by atoms with E-state index < -0.39 is 17.7 Å². The minimum Gasteiger partial charge on any atom is -0.507 e. The predicted molar refractivity (Wildman–Crippen MR) is 149 cm³/mol. The summed E-state index contributed by atoms with van der Waals surface area (Å²) in [7, 11) is 0. The quantitative estimate of drug-likeness (QED) is 0.249. The maximum atomic E-state index is 13.4. The summed E-state index contributed by atoms with van der Waals surface area (Å²) in [4.78, 5) is 30.5. The summed E-state index contributed by atoms with van der Waals surface area (Å²) in [6.45, 7) is 17.9. The molecule has 2 aromatic rings. The maximum absolute atomic E-state index is 13.4. The summed E-state index contributed by atoms with van der Waals surface area (Å²) < 4.78 is 5.72. The van der Waals surface area contributed by atoms with E-state index in [0.717, 1.165) is 36.2 Å². The van der Waals surface area contributed by atoms with Crippen molar-refractivity contribution in [3.8, 4) is 5.75 Å². The Morgan fingerprint density at radius 3 is 2.22 bits per heavy atom. The molecule has 0 radical (unpaired) electrons. The molecule has 1 aliphatic rings. The minimum absolute atomic E-state index is 0.0260. The lowest BCUT2D eigenvalue weighted by molar-refractivity contribution is -0.140. The van der Waals surface area contributed by atoms with Crippen LogP contribution in [0.4, 0.5) is 0 Å². The zero-order valence-electron chi connectivity index (χ0n) is 23.4. The van der Waals surface area contributed by atoms with Crippen LogP contribution in [-0.4, -0.2) is 59.4 Å². The highest BCUT2D eigenvalue weighted by Gasteiger charge is 2.46. The Morgan fingerprint density at radius 2 is 1.68 bits per heavy atom. The number of amides is 1. The van der Waals surface area contributed by atoms with Gasteiger partial charge < -0.3 is 19.6 Å². The van der Waals surface area contributed by atoms with Crippen molar-refractivity contribution in [1.29, 1.82) is 0 Å². The van der Waals surface area contributed by atoms with Gasteiger partial charge in [-0.05, 0) is 66.7 Å². The Bertz CT molecular complexity index is 1140. The number of carbonyl (C=O) groups is 2. The molecule has 0 saturated carbocycles. The number of hydrogen-bond donors (Lipinski definition) is 1. The molecule has 0 aliphatic carbocycles. The largest absolute Gasteiger partial charge is 0.507 e. The number of carbonyl (C=O) groups excluding carboxylic acids is 2. The van der Waals surface area contributed by atoms with Crippen LogP contribution in [0.5, 0.6) is 5.75 Å². The third kappa shape index (κ3) is 6.24. The minimum atomic E-state index is -0.653. The Hall–Kier alpha value is -3.12. The van der Waals surface area contributed by atoms with Gasteiger partial charge in [0.15, 0.2) is 0 Å². The Kier molecular flexibility index (Phi) is 9.19. The SMILES string of the molecule is CCCOc1ccc(/C(O)=C2/C(=O)C(=O)N(CCN(CC)CC)C2c2ccc(C(C)(C)C)cc2)c(C)c1. The van der Waals surface area contributed by atoms with Crippen molar-refractivity contribution >= 4 is 17.4 Å². The van der Waals surface area contributed by atoms with E-state index in [1.807, 2.05) is 44.2 Å². The van der Waals surface area contributed by atoms with Gasteiger partial charge in [-0.1, -0.05) is 65.8 Å². The number of benzene rings is 2. The number of aryl methyl sites for hydroxylation is 1. The van der Waals surface area contributed by atoms with Crippen molar-refractivity contribution in [2.75, 3.05) is 32.8 Å². The summed E-state index contributed by atoms with van der Waals surface area (Å²) in [6.07, 6.45) is 0.895. The number of rotatable bonds is 10. The first-order valence-electron chi connectivity index (χ1n) is 13.4. The lowest BCUT2D eigenvalue weighted by atomic mass is 9.85. The third-order valence-corrected chi connectivity index (χ3v) is 7.11. The van der Waals surface area contributed by atoms with E-state index in [9.17, 15) is 14.7 Å². The molecule has 0 spiro atoms. The van der Waals surface area contributed by atoms with Crippen LogP contribution in [0.15, 0.2) is 48.0 Å². The van der Waals surface area contributed by atoms with Crippen LogP contribution in [0.3, 0.4) is 0 Å². The van der Waals surface area contributed by atoms with Crippen molar-refractivity contribution in [3.05, 3.63) is 70.3 Å². The third-order valence-electron chi connectivity index (χ3n) is 7.11. The summed E-state index contributed by atoms with van der Waals surface area (Å²) >= 11 is 0. The highest BCUT2D eigenvalue weighted by molar-refractivity contribution is 6.46. The van der Waals surface area contributed by atoms with E-state index in [1.165, 1.54) is 0 Å². The summed E-state index contributed by atoms with van der Waals surface area (Å²) in [5, 5.41) is 11.5. The smallest absolute Gasteiger partial charge is 0.295 e. The van der Waals surface area contributed by atoms with Crippen LogP contribution in [0.25, 0.3) is 5.76 Å². The van der Waals surface area contributed by atoms with Crippen molar-refractivity contribution < 1.29 is 19.4 Å². The molecule has 6 nitrogen and oxygen atoms in total. The highest BCUT2D eigenvalue weighted by Crippen LogP contribution is 2.40. The fourth-order valence-corrected chi connectivity index (χ4v) is 4.77. The second-order valence-electron chi connectivity index (χ2n) is 10.7. The number of nitrogens with zero attached hydrogens (tertiary/aromatic N) is 2. The van der Waals surface area contributed by atoms with Gasteiger partial charge in [-0.3, -0.25) is 9.59 Å². The maximum Gasteiger partial charge on any atom is 0.295 e. The van der Waals surface area contributed by atoms with Gasteiger partial charge in [0.1, 0.15) is 11.5 Å². The van der Waals surface area contributed by atoms with Crippen LogP contribution in [0.2, 0.25) is 0 Å². The van der Waals surface area contributed by atoms with Gasteiger partial charge in [-0.15, -0.1) is 0 Å². The van der Waals surface area contributed by atoms with Gasteiger partial charge in [0.2, 0.25) is 0 Å². The highest BCUT2D eigenvalue weighted by atomic mass is 16.5. The topological polar surface area (TPSA) is 70.1 Å². The second kappa shape index (κ2) is 12.0. The first-order valence-corrected chi connectivity index (χ1v) is 13.4. The van der Waals surface area contributed by atoms with E-state index in [-0.39, 0.29) is 16.7 Å². The van der Waals surface area contributed by atoms with Crippen molar-refractivity contribution in [1.82, 2.24) is 9.80 Å². The predicted octanol–water partition coefficient (Wildman–Crippen LogP) is 5.84. The van der Waals surface area contributed by atoms with E-state index in [2.05, 4.69) is 39.5 Å². The van der Waals surface area contributed by atoms with Gasteiger partial charge in [0.25, 0.3) is 11.7 Å². The molecule has 2 aromatic carbocycles. The molecule has 37 heavy (non-hydrogen) atoms. The number of ether oxygens (including phenoxy) is 1. The molecule has 1 N–H and O–H groups in total. The van der Waals surface area contributed by atoms with Gasteiger partial charge in [-0.25, -0.2) is 0 Å². The Morgan fingerprint density at radius 1 is 1.03 bits per heavy atom. The average Bonchev–Trinajstić information content (AvgIpc) is 3.12. The van der Waals surface area contributed by atoms with Crippen LogP contribution < -0.4 is 4.74 Å². The fourth-order valence-electron chi connectivity index (χ4n) is 4.77. The van der Waals surface area contributed by atoms with Gasteiger partial charge in [0.05, 0.1) is 18.2 Å². The summed E-state index contributed by atoms with van der Waals surface area (Å²) in [6, 6.07) is 12.8. The number of likely N-dealkylation sites (N-methyl/N-ethyl adjacent to an activating group) is 1. The van der Waals surface area contributed by atoms with Crippen molar-refractivity contribution in [3.63, 3.8) is 0 Å². The first-order chi connectivity index (χ1) is 17.5. The zero-order chi connectivity index (χ0) is 27.3. The first kappa shape index (κ1) is 28.5. The standard InChI is InChI=1S/C31H42N2O4/c1-8-19-37-24-15-16-25(21(4)20-24)28(34)26-27(22-11-13-23(14-12-22)31(5,6)7)33(30(36)29(26)35)18-17-32(9-2)10-3/h11-16,20,27,34H,8-10,17-19H2,1-7H3/b28-26-. The normalized spacial score (nSPS) is 17.6. The number of aliphatic hydroxyl groups is 1. The van der Waals surface area contributed by atoms with Gasteiger partial charge in [-0.2, -0.15) is 0 Å². The van der Waals surface area contributed by atoms with Crippen LogP contribution in [0.1, 0.15) is 76.3 Å². The zero-order valence-corrected chi connectivity index (χ0v) is 23.4. The van der Waals surface area contributed by atoms with E-state index in [0.29, 0.717) is 31.0 Å². The molecule has 0 bridgehead atoms. The van der Waals surface area contributed by atoms with Gasteiger partial charge >= 0.3 is 0 Å². The number of aliphatic hydroxyl groups excluding tert-OH is 1. The van der Waals surface area contributed by atoms with Crippen molar-refractivity contribution in [2.24, 2.45) is 0 Å². The summed E-state index contributed by atoms with van der Waals surface area (Å²) in [5.74, 6) is -0.648. The average molecular weight is 507 g/mol. The van der Waals surface area contributed by atoms with E-state index >= 15 is 0 Å².